The number of aromatic nitrogens is 7. The van der Waals surface area contributed by atoms with Gasteiger partial charge in [0.05, 0.1) is 17.4 Å². The molecule has 8 heteroatoms. The second kappa shape index (κ2) is 7.05. The Morgan fingerprint density at radius 1 is 1.18 bits per heavy atom. The van der Waals surface area contributed by atoms with Crippen LogP contribution in [0.5, 0.6) is 0 Å². The molecule has 1 aliphatic heterocycles. The van der Waals surface area contributed by atoms with E-state index in [9.17, 15) is 0 Å². The maximum atomic E-state index is 4.81. The molecule has 0 saturated carbocycles. The molecule has 0 fully saturated rings. The molecule has 1 aromatic carbocycles. The second-order valence-electron chi connectivity index (χ2n) is 7.04. The van der Waals surface area contributed by atoms with Gasteiger partial charge in [-0.05, 0) is 43.7 Å². The fourth-order valence-electron chi connectivity index (χ4n) is 3.70. The number of hydrogen-bond acceptors (Lipinski definition) is 5. The van der Waals surface area contributed by atoms with Gasteiger partial charge in [0.2, 0.25) is 0 Å². The highest BCUT2D eigenvalue weighted by molar-refractivity contribution is 5.51. The number of fused-ring (bicyclic) bond motifs is 1. The van der Waals surface area contributed by atoms with Gasteiger partial charge < -0.3 is 9.88 Å². The fraction of sp³-hybridized carbons (Fsp3) is 0.300. The van der Waals surface area contributed by atoms with Gasteiger partial charge in [0.25, 0.3) is 0 Å². The zero-order valence-electron chi connectivity index (χ0n) is 15.7. The highest BCUT2D eigenvalue weighted by Crippen LogP contribution is 2.26. The summed E-state index contributed by atoms with van der Waals surface area (Å²) < 4.78 is 6.04. The van der Waals surface area contributed by atoms with Crippen LogP contribution >= 0.6 is 0 Å². The lowest BCUT2D eigenvalue weighted by molar-refractivity contribution is 0.585. The number of hydrogen-bond donors (Lipinski definition) is 1. The van der Waals surface area contributed by atoms with E-state index in [2.05, 4.69) is 66.9 Å². The summed E-state index contributed by atoms with van der Waals surface area (Å²) in [6, 6.07) is 10.7. The molecule has 0 amide bonds. The van der Waals surface area contributed by atoms with Gasteiger partial charge in [-0.15, -0.1) is 0 Å². The molecule has 4 heterocycles. The molecule has 1 aliphatic rings. The summed E-state index contributed by atoms with van der Waals surface area (Å²) >= 11 is 0. The average Bonchev–Trinajstić information content (AvgIpc) is 3.47. The summed E-state index contributed by atoms with van der Waals surface area (Å²) in [4.78, 5) is 8.60. The lowest BCUT2D eigenvalue weighted by atomic mass is 10.1. The molecule has 0 aliphatic carbocycles. The second-order valence-corrected chi connectivity index (χ2v) is 7.04. The Kier molecular flexibility index (Phi) is 4.25. The van der Waals surface area contributed by atoms with E-state index in [0.29, 0.717) is 0 Å². The molecule has 0 saturated heterocycles. The van der Waals surface area contributed by atoms with Crippen molar-refractivity contribution in [3.05, 3.63) is 66.6 Å². The summed E-state index contributed by atoms with van der Waals surface area (Å²) in [5.41, 5.74) is 4.33. The Hall–Kier alpha value is -3.26. The molecule has 0 radical (unpaired) electrons. The third-order valence-electron chi connectivity index (χ3n) is 5.27. The van der Waals surface area contributed by atoms with E-state index >= 15 is 0 Å². The van der Waals surface area contributed by atoms with Crippen LogP contribution in [0.2, 0.25) is 0 Å². The van der Waals surface area contributed by atoms with Crippen molar-refractivity contribution < 1.29 is 0 Å². The first-order valence-electron chi connectivity index (χ1n) is 9.55. The van der Waals surface area contributed by atoms with Crippen molar-refractivity contribution in [2.45, 2.75) is 32.5 Å². The van der Waals surface area contributed by atoms with E-state index in [-0.39, 0.29) is 6.04 Å². The van der Waals surface area contributed by atoms with Crippen molar-refractivity contribution in [3.8, 4) is 17.2 Å². The smallest absolute Gasteiger partial charge is 0.161 e. The highest BCUT2D eigenvalue weighted by atomic mass is 15.3. The Labute approximate surface area is 162 Å². The van der Waals surface area contributed by atoms with Crippen molar-refractivity contribution >= 4 is 0 Å². The van der Waals surface area contributed by atoms with Crippen molar-refractivity contribution in [2.24, 2.45) is 0 Å². The monoisotopic (exact) mass is 374 g/mol. The van der Waals surface area contributed by atoms with Gasteiger partial charge >= 0.3 is 0 Å². The SMILES string of the molecule is CC(c1ccc(-n2cncn2)cc1)n1ccnc1-c1cc2n(n1)CCCNC2. The summed E-state index contributed by atoms with van der Waals surface area (Å²) in [7, 11) is 0. The molecule has 0 bridgehead atoms. The Morgan fingerprint density at radius 3 is 2.89 bits per heavy atom. The van der Waals surface area contributed by atoms with Crippen LogP contribution in [-0.2, 0) is 13.1 Å². The van der Waals surface area contributed by atoms with Gasteiger partial charge in [-0.2, -0.15) is 10.2 Å². The normalized spacial score (nSPS) is 15.2. The Bertz CT molecular complexity index is 1030. The van der Waals surface area contributed by atoms with E-state index in [1.54, 1.807) is 11.0 Å². The van der Waals surface area contributed by atoms with E-state index < -0.39 is 0 Å². The van der Waals surface area contributed by atoms with Crippen LogP contribution in [0.4, 0.5) is 0 Å². The quantitative estimate of drug-likeness (QED) is 0.594. The zero-order chi connectivity index (χ0) is 18.9. The molecule has 4 aromatic rings. The van der Waals surface area contributed by atoms with Crippen molar-refractivity contribution in [2.75, 3.05) is 6.54 Å². The maximum Gasteiger partial charge on any atom is 0.161 e. The van der Waals surface area contributed by atoms with Crippen LogP contribution in [0.15, 0.2) is 55.4 Å². The molecular weight excluding hydrogens is 352 g/mol. The first kappa shape index (κ1) is 16.9. The molecule has 28 heavy (non-hydrogen) atoms. The molecule has 3 aromatic heterocycles. The van der Waals surface area contributed by atoms with Crippen LogP contribution in [0.3, 0.4) is 0 Å². The molecular formula is C20H22N8. The first-order valence-corrected chi connectivity index (χ1v) is 9.55. The fourth-order valence-corrected chi connectivity index (χ4v) is 3.70. The standard InChI is InChI=1S/C20H22N8/c1-15(16-3-5-17(6-4-16)28-14-22-13-24-28)26-10-8-23-20(26)19-11-18-12-21-7-2-9-27(18)25-19/h3-6,8,10-11,13-15,21H,2,7,9,12H2,1H3. The summed E-state index contributed by atoms with van der Waals surface area (Å²) in [5.74, 6) is 0.897. The molecule has 5 rings (SSSR count). The van der Waals surface area contributed by atoms with Crippen LogP contribution in [0.25, 0.3) is 17.2 Å². The van der Waals surface area contributed by atoms with Gasteiger partial charge in [-0.3, -0.25) is 4.68 Å². The molecule has 8 nitrogen and oxygen atoms in total. The third kappa shape index (κ3) is 3.01. The average molecular weight is 374 g/mol. The van der Waals surface area contributed by atoms with Gasteiger partial charge in [0, 0.05) is 25.5 Å². The minimum Gasteiger partial charge on any atom is -0.322 e. The minimum absolute atomic E-state index is 0.141. The highest BCUT2D eigenvalue weighted by Gasteiger charge is 2.18. The van der Waals surface area contributed by atoms with Crippen LogP contribution in [0.1, 0.15) is 30.6 Å². The molecule has 0 spiro atoms. The van der Waals surface area contributed by atoms with Gasteiger partial charge in [-0.25, -0.2) is 14.6 Å². The minimum atomic E-state index is 0.141. The number of benzene rings is 1. The molecule has 142 valence electrons. The van der Waals surface area contributed by atoms with Crippen LogP contribution in [-0.4, -0.2) is 40.6 Å². The van der Waals surface area contributed by atoms with E-state index in [1.807, 2.05) is 12.4 Å². The van der Waals surface area contributed by atoms with Gasteiger partial charge in [0.1, 0.15) is 18.3 Å². The maximum absolute atomic E-state index is 4.81. The van der Waals surface area contributed by atoms with E-state index in [4.69, 9.17) is 5.10 Å². The number of imidazole rings is 1. The van der Waals surface area contributed by atoms with Crippen molar-refractivity contribution in [1.29, 1.82) is 0 Å². The largest absolute Gasteiger partial charge is 0.322 e. The zero-order valence-corrected chi connectivity index (χ0v) is 15.7. The number of nitrogens with one attached hydrogen (secondary N) is 1. The molecule has 1 N–H and O–H groups in total. The Morgan fingerprint density at radius 2 is 2.07 bits per heavy atom. The predicted molar refractivity (Wildman–Crippen MR) is 105 cm³/mol. The number of rotatable bonds is 4. The van der Waals surface area contributed by atoms with Crippen molar-refractivity contribution in [3.63, 3.8) is 0 Å². The van der Waals surface area contributed by atoms with Gasteiger partial charge in [0.15, 0.2) is 5.82 Å². The third-order valence-corrected chi connectivity index (χ3v) is 5.27. The summed E-state index contributed by atoms with van der Waals surface area (Å²) in [6.45, 7) is 5.02. The number of aryl methyl sites for hydroxylation is 1. The lowest BCUT2D eigenvalue weighted by Gasteiger charge is -2.16. The van der Waals surface area contributed by atoms with Crippen molar-refractivity contribution in [1.82, 2.24) is 39.4 Å². The first-order chi connectivity index (χ1) is 13.8. The predicted octanol–water partition coefficient (Wildman–Crippen LogP) is 2.43. The van der Waals surface area contributed by atoms with E-state index in [0.717, 1.165) is 43.3 Å². The molecule has 1 unspecified atom stereocenters. The Balaban J connectivity index is 1.44. The van der Waals surface area contributed by atoms with Crippen LogP contribution < -0.4 is 5.32 Å². The number of nitrogens with zero attached hydrogens (tertiary/aromatic N) is 7. The topological polar surface area (TPSA) is 78.4 Å². The lowest BCUT2D eigenvalue weighted by Crippen LogP contribution is -2.11. The van der Waals surface area contributed by atoms with Crippen LogP contribution in [0, 0.1) is 0 Å². The van der Waals surface area contributed by atoms with Gasteiger partial charge in [-0.1, -0.05) is 12.1 Å². The van der Waals surface area contributed by atoms with E-state index in [1.165, 1.54) is 17.6 Å². The summed E-state index contributed by atoms with van der Waals surface area (Å²) in [6.07, 6.45) is 8.20. The molecule has 1 atom stereocenters. The summed E-state index contributed by atoms with van der Waals surface area (Å²) in [5, 5.41) is 12.4.